The maximum Gasteiger partial charge on any atom is 0.121 e. The second kappa shape index (κ2) is 18.8. The zero-order chi connectivity index (χ0) is 47.5. The van der Waals surface area contributed by atoms with E-state index in [1.807, 2.05) is 30.5 Å². The molecule has 0 saturated heterocycles. The first-order valence-electron chi connectivity index (χ1n) is 24.0. The molecule has 0 aliphatic rings. The smallest absolute Gasteiger partial charge is 0.121 e. The van der Waals surface area contributed by atoms with E-state index < -0.39 is 8.07 Å². The third-order valence-corrected chi connectivity index (χ3v) is 15.5. The molecule has 0 saturated carbocycles. The van der Waals surface area contributed by atoms with Crippen LogP contribution in [0.1, 0.15) is 77.0 Å². The SMILES string of the molecule is CC(C)c1cc(-c2ccc(C(C)(C)C)cc2)cc(C(C)C)c1-n1c(-c2[c-]ccc3c2oc2cc4c(ccc5ccccc54)cc23)nc2ccccc21.C[Si](C)(C)c1ccnc(-c2[c-]cccc2)c1.[Ir]. The Balaban J connectivity index is 0.000000296. The summed E-state index contributed by atoms with van der Waals surface area (Å²) in [5.74, 6) is 1.37. The van der Waals surface area contributed by atoms with Crippen LogP contribution >= 0.6 is 0 Å². The van der Waals surface area contributed by atoms with Crippen molar-refractivity contribution in [1.29, 1.82) is 0 Å². The minimum Gasteiger partial charge on any atom is -0.501 e. The molecule has 4 nitrogen and oxygen atoms in total. The molecule has 0 aliphatic carbocycles. The van der Waals surface area contributed by atoms with Gasteiger partial charge in [-0.15, -0.1) is 54.1 Å². The average Bonchev–Trinajstić information content (AvgIpc) is 3.91. The number of pyridine rings is 1. The molecule has 11 aromatic rings. The fraction of sp³-hybridized carbons (Fsp3) is 0.206. The van der Waals surface area contributed by atoms with E-state index in [-0.39, 0.29) is 37.4 Å². The summed E-state index contributed by atoms with van der Waals surface area (Å²) in [7, 11) is -1.25. The van der Waals surface area contributed by atoms with Crippen LogP contribution in [0.15, 0.2) is 168 Å². The molecule has 0 unspecified atom stereocenters. The molecule has 8 aromatic carbocycles. The predicted molar refractivity (Wildman–Crippen MR) is 291 cm³/mol. The number of aromatic nitrogens is 3. The number of nitrogens with zero attached hydrogens (tertiary/aromatic N) is 3. The van der Waals surface area contributed by atoms with Crippen LogP contribution in [0, 0.1) is 12.1 Å². The Morgan fingerprint density at radius 1 is 0.609 bits per heavy atom. The summed E-state index contributed by atoms with van der Waals surface area (Å²) in [6.45, 7) is 23.1. The zero-order valence-corrected chi connectivity index (χ0v) is 44.7. The predicted octanol–water partition coefficient (Wildman–Crippen LogP) is 17.0. The van der Waals surface area contributed by atoms with Gasteiger partial charge in [0.25, 0.3) is 0 Å². The number of hydrogen-bond acceptors (Lipinski definition) is 3. The van der Waals surface area contributed by atoms with Gasteiger partial charge in [0, 0.05) is 37.4 Å². The van der Waals surface area contributed by atoms with Crippen LogP contribution in [0.2, 0.25) is 19.6 Å². The number of fused-ring (bicyclic) bond motifs is 7. The normalized spacial score (nSPS) is 12.1. The van der Waals surface area contributed by atoms with Crippen molar-refractivity contribution in [2.24, 2.45) is 0 Å². The number of hydrogen-bond donors (Lipinski definition) is 0. The first-order chi connectivity index (χ1) is 32.6. The van der Waals surface area contributed by atoms with Gasteiger partial charge >= 0.3 is 0 Å². The van der Waals surface area contributed by atoms with Crippen molar-refractivity contribution in [3.05, 3.63) is 193 Å². The van der Waals surface area contributed by atoms with Crippen LogP contribution < -0.4 is 5.19 Å². The Bertz CT molecular complexity index is 3620. The zero-order valence-electron chi connectivity index (χ0n) is 41.3. The van der Waals surface area contributed by atoms with Gasteiger partial charge in [-0.25, -0.2) is 0 Å². The summed E-state index contributed by atoms with van der Waals surface area (Å²) in [5.41, 5.74) is 14.4. The Hall–Kier alpha value is -6.43. The number of furan rings is 1. The van der Waals surface area contributed by atoms with Crippen molar-refractivity contribution < 1.29 is 24.5 Å². The van der Waals surface area contributed by atoms with Crippen LogP contribution in [0.5, 0.6) is 0 Å². The van der Waals surface area contributed by atoms with Gasteiger partial charge in [0.1, 0.15) is 5.58 Å². The molecular weight excluding hydrogens is 1040 g/mol. The topological polar surface area (TPSA) is 43.9 Å². The molecular formula is C63H59IrN3OSi-2. The van der Waals surface area contributed by atoms with Crippen molar-refractivity contribution in [3.63, 3.8) is 0 Å². The van der Waals surface area contributed by atoms with Gasteiger partial charge in [0.15, 0.2) is 0 Å². The third-order valence-electron chi connectivity index (χ3n) is 13.4. The van der Waals surface area contributed by atoms with Crippen molar-refractivity contribution in [3.8, 4) is 39.5 Å². The molecule has 0 spiro atoms. The molecule has 11 rings (SSSR count). The molecule has 6 heteroatoms. The van der Waals surface area contributed by atoms with E-state index in [2.05, 4.69) is 223 Å². The molecule has 0 amide bonds. The first-order valence-corrected chi connectivity index (χ1v) is 27.5. The Labute approximate surface area is 421 Å². The number of para-hydroxylation sites is 2. The first kappa shape index (κ1) is 47.6. The molecule has 347 valence electrons. The molecule has 0 bridgehead atoms. The van der Waals surface area contributed by atoms with Crippen molar-refractivity contribution in [1.82, 2.24) is 14.5 Å². The maximum atomic E-state index is 6.86. The summed E-state index contributed by atoms with van der Waals surface area (Å²) in [6.07, 6.45) is 1.91. The molecule has 1 radical (unpaired) electrons. The Morgan fingerprint density at radius 2 is 1.30 bits per heavy atom. The third kappa shape index (κ3) is 9.14. The van der Waals surface area contributed by atoms with Gasteiger partial charge < -0.3 is 14.0 Å². The Kier molecular flexibility index (Phi) is 13.0. The molecule has 0 fully saturated rings. The standard InChI is InChI=1S/C49H43N2O.C14H16NSi.Ir/c1-29(2)39-26-34(31-21-23-35(24-22-31)49(5,6)7)27-40(30(3)4)46(39)51-44-18-11-10-17-43(44)50-48(51)38-16-12-15-37-42-25-33-20-19-32-13-8-9-14-36(32)41(33)28-45(42)52-47(37)38;1-16(2,3)13-9-10-15-14(11-13)12-7-5-4-6-8-12;/h8-15,17-30H,1-7H3;4-7,9-11H,1-3H3;/q2*-1;. The van der Waals surface area contributed by atoms with E-state index in [0.29, 0.717) is 0 Å². The molecule has 3 aromatic heterocycles. The fourth-order valence-electron chi connectivity index (χ4n) is 9.57. The van der Waals surface area contributed by atoms with Gasteiger partial charge in [0.05, 0.1) is 30.5 Å². The van der Waals surface area contributed by atoms with E-state index in [1.54, 1.807) is 0 Å². The number of benzene rings is 8. The van der Waals surface area contributed by atoms with Crippen LogP contribution in [0.3, 0.4) is 0 Å². The van der Waals surface area contributed by atoms with Gasteiger partial charge in [-0.2, -0.15) is 0 Å². The maximum absolute atomic E-state index is 6.86. The minimum absolute atomic E-state index is 0. The summed E-state index contributed by atoms with van der Waals surface area (Å²) >= 11 is 0. The molecule has 0 N–H and O–H groups in total. The van der Waals surface area contributed by atoms with E-state index in [1.165, 1.54) is 60.2 Å². The van der Waals surface area contributed by atoms with Crippen LogP contribution in [-0.4, -0.2) is 22.6 Å². The summed E-state index contributed by atoms with van der Waals surface area (Å²) < 4.78 is 9.25. The van der Waals surface area contributed by atoms with E-state index in [9.17, 15) is 0 Å². The minimum atomic E-state index is -1.25. The monoisotopic (exact) mass is 1090 g/mol. The van der Waals surface area contributed by atoms with Gasteiger partial charge in [-0.1, -0.05) is 163 Å². The largest absolute Gasteiger partial charge is 0.501 e. The van der Waals surface area contributed by atoms with Gasteiger partial charge in [0.2, 0.25) is 0 Å². The fourth-order valence-corrected chi connectivity index (χ4v) is 10.7. The molecule has 69 heavy (non-hydrogen) atoms. The van der Waals surface area contributed by atoms with Gasteiger partial charge in [-0.05, 0) is 115 Å². The number of rotatable bonds is 7. The van der Waals surface area contributed by atoms with E-state index >= 15 is 0 Å². The molecule has 3 heterocycles. The summed E-state index contributed by atoms with van der Waals surface area (Å²) in [4.78, 5) is 9.78. The van der Waals surface area contributed by atoms with Crippen molar-refractivity contribution in [2.45, 2.75) is 85.4 Å². The molecule has 0 aliphatic heterocycles. The summed E-state index contributed by atoms with van der Waals surface area (Å²) in [6, 6.07) is 63.2. The van der Waals surface area contributed by atoms with Gasteiger partial charge in [-0.3, -0.25) is 4.98 Å². The second-order valence-corrected chi connectivity index (χ2v) is 26.0. The quantitative estimate of drug-likeness (QED) is 0.0907. The van der Waals surface area contributed by atoms with Crippen LogP contribution in [0.4, 0.5) is 0 Å². The summed E-state index contributed by atoms with van der Waals surface area (Å²) in [5, 5.41) is 8.46. The average molecular weight is 1090 g/mol. The van der Waals surface area contributed by atoms with Crippen LogP contribution in [0.25, 0.3) is 94.0 Å². The van der Waals surface area contributed by atoms with E-state index in [0.717, 1.165) is 55.6 Å². The second-order valence-electron chi connectivity index (χ2n) is 20.9. The Morgan fingerprint density at radius 3 is 2.00 bits per heavy atom. The molecule has 0 atom stereocenters. The van der Waals surface area contributed by atoms with Crippen molar-refractivity contribution in [2.75, 3.05) is 0 Å². The number of imidazole rings is 1. The van der Waals surface area contributed by atoms with Crippen LogP contribution in [-0.2, 0) is 25.5 Å². The van der Waals surface area contributed by atoms with Crippen molar-refractivity contribution >= 4 is 67.8 Å². The van der Waals surface area contributed by atoms with E-state index in [4.69, 9.17) is 9.40 Å².